The van der Waals surface area contributed by atoms with Crippen molar-refractivity contribution < 1.29 is 4.79 Å². The summed E-state index contributed by atoms with van der Waals surface area (Å²) in [6.45, 7) is 4.24. The molecule has 0 bridgehead atoms. The highest BCUT2D eigenvalue weighted by molar-refractivity contribution is 6.42. The van der Waals surface area contributed by atoms with Crippen LogP contribution in [0.5, 0.6) is 0 Å². The molecule has 2 atom stereocenters. The van der Waals surface area contributed by atoms with Crippen molar-refractivity contribution in [2.75, 3.05) is 26.2 Å². The summed E-state index contributed by atoms with van der Waals surface area (Å²) < 4.78 is 0. The zero-order valence-corrected chi connectivity index (χ0v) is 16.1. The average molecular weight is 389 g/mol. The van der Waals surface area contributed by atoms with Gasteiger partial charge in [-0.15, -0.1) is 0 Å². The van der Waals surface area contributed by atoms with Crippen LogP contribution in [0.3, 0.4) is 0 Å². The molecule has 2 fully saturated rings. The number of rotatable bonds is 4. The highest BCUT2D eigenvalue weighted by Gasteiger charge is 2.45. The van der Waals surface area contributed by atoms with Crippen LogP contribution in [0.2, 0.25) is 10.0 Å². The number of carbonyl (C=O) groups excluding carboxylic acids is 1. The number of piperazine rings is 1. The lowest BCUT2D eigenvalue weighted by atomic mass is 10.1. The summed E-state index contributed by atoms with van der Waals surface area (Å²) in [7, 11) is 0. The third-order valence-corrected chi connectivity index (χ3v) is 6.15. The second-order valence-corrected chi connectivity index (χ2v) is 8.02. The van der Waals surface area contributed by atoms with Crippen molar-refractivity contribution in [1.29, 1.82) is 0 Å². The molecule has 1 heterocycles. The second kappa shape index (κ2) is 7.59. The first-order chi connectivity index (χ1) is 12.6. The molecule has 3 nitrogen and oxygen atoms in total. The summed E-state index contributed by atoms with van der Waals surface area (Å²) in [5.41, 5.74) is 2.45. The Balaban J connectivity index is 1.28. The third kappa shape index (κ3) is 3.90. The molecule has 0 aromatic heterocycles. The minimum atomic E-state index is 0.180. The maximum atomic E-state index is 12.8. The first-order valence-electron chi connectivity index (χ1n) is 9.12. The zero-order valence-electron chi connectivity index (χ0n) is 14.6. The Bertz CT molecular complexity index is 788. The fraction of sp³-hybridized carbons (Fsp3) is 0.381. The van der Waals surface area contributed by atoms with Gasteiger partial charge < -0.3 is 4.90 Å². The Labute approximate surface area is 164 Å². The largest absolute Gasteiger partial charge is 0.340 e. The van der Waals surface area contributed by atoms with Gasteiger partial charge in [0.1, 0.15) is 0 Å². The van der Waals surface area contributed by atoms with E-state index in [1.807, 2.05) is 29.2 Å². The second-order valence-electron chi connectivity index (χ2n) is 7.21. The number of halogens is 2. The van der Waals surface area contributed by atoms with Crippen LogP contribution in [0.4, 0.5) is 0 Å². The van der Waals surface area contributed by atoms with E-state index in [1.165, 1.54) is 5.56 Å². The summed E-state index contributed by atoms with van der Waals surface area (Å²) >= 11 is 12.1. The molecule has 2 aromatic rings. The smallest absolute Gasteiger partial charge is 0.226 e. The fourth-order valence-corrected chi connectivity index (χ4v) is 4.11. The Kier molecular flexibility index (Phi) is 5.21. The van der Waals surface area contributed by atoms with E-state index in [-0.39, 0.29) is 5.92 Å². The molecule has 1 saturated carbocycles. The van der Waals surface area contributed by atoms with Crippen LogP contribution in [0.15, 0.2) is 48.5 Å². The minimum absolute atomic E-state index is 0.180. The first-order valence-corrected chi connectivity index (χ1v) is 9.87. The van der Waals surface area contributed by atoms with E-state index in [0.29, 0.717) is 21.9 Å². The number of nitrogens with zero attached hydrogens (tertiary/aromatic N) is 2. The zero-order chi connectivity index (χ0) is 18.1. The van der Waals surface area contributed by atoms with Gasteiger partial charge in [-0.25, -0.2) is 0 Å². The van der Waals surface area contributed by atoms with Crippen LogP contribution < -0.4 is 0 Å². The Morgan fingerprint density at radius 2 is 1.69 bits per heavy atom. The Morgan fingerprint density at radius 3 is 2.38 bits per heavy atom. The highest BCUT2D eigenvalue weighted by Crippen LogP contribution is 2.48. The van der Waals surface area contributed by atoms with Gasteiger partial charge in [0.2, 0.25) is 5.91 Å². The van der Waals surface area contributed by atoms with Crippen molar-refractivity contribution in [2.24, 2.45) is 5.92 Å². The summed E-state index contributed by atoms with van der Waals surface area (Å²) in [6, 6.07) is 16.2. The quantitative estimate of drug-likeness (QED) is 0.772. The molecule has 0 spiro atoms. The molecule has 0 N–H and O–H groups in total. The monoisotopic (exact) mass is 388 g/mol. The van der Waals surface area contributed by atoms with Crippen molar-refractivity contribution in [3.05, 3.63) is 69.7 Å². The van der Waals surface area contributed by atoms with Gasteiger partial charge in [0.05, 0.1) is 10.0 Å². The highest BCUT2D eigenvalue weighted by atomic mass is 35.5. The molecule has 5 heteroatoms. The maximum Gasteiger partial charge on any atom is 0.226 e. The van der Waals surface area contributed by atoms with E-state index in [9.17, 15) is 4.79 Å². The molecule has 2 unspecified atom stereocenters. The number of benzene rings is 2. The van der Waals surface area contributed by atoms with Crippen molar-refractivity contribution >= 4 is 29.1 Å². The van der Waals surface area contributed by atoms with Crippen molar-refractivity contribution in [3.63, 3.8) is 0 Å². The lowest BCUT2D eigenvalue weighted by molar-refractivity contribution is -0.134. The molecule has 4 rings (SSSR count). The van der Waals surface area contributed by atoms with Gasteiger partial charge in [-0.3, -0.25) is 9.69 Å². The molecule has 136 valence electrons. The molecular formula is C21H22Cl2N2O. The summed E-state index contributed by atoms with van der Waals surface area (Å²) in [4.78, 5) is 17.2. The Hall–Kier alpha value is -1.55. The van der Waals surface area contributed by atoms with Crippen molar-refractivity contribution in [3.8, 4) is 0 Å². The van der Waals surface area contributed by atoms with E-state index >= 15 is 0 Å². The van der Waals surface area contributed by atoms with E-state index < -0.39 is 0 Å². The van der Waals surface area contributed by atoms with E-state index in [4.69, 9.17) is 23.2 Å². The van der Waals surface area contributed by atoms with E-state index in [2.05, 4.69) is 29.2 Å². The fourth-order valence-electron chi connectivity index (χ4n) is 3.79. The number of carbonyl (C=O) groups is 1. The molecule has 1 aliphatic carbocycles. The summed E-state index contributed by atoms with van der Waals surface area (Å²) in [5, 5.41) is 1.18. The van der Waals surface area contributed by atoms with Crippen molar-refractivity contribution in [1.82, 2.24) is 9.80 Å². The predicted molar refractivity (Wildman–Crippen MR) is 106 cm³/mol. The van der Waals surface area contributed by atoms with Crippen LogP contribution in [0, 0.1) is 5.92 Å². The van der Waals surface area contributed by atoms with E-state index in [1.54, 1.807) is 0 Å². The molecule has 2 aliphatic rings. The van der Waals surface area contributed by atoms with Crippen LogP contribution in [0.1, 0.15) is 23.5 Å². The molecule has 0 radical (unpaired) electrons. The van der Waals surface area contributed by atoms with Crippen molar-refractivity contribution in [2.45, 2.75) is 18.9 Å². The minimum Gasteiger partial charge on any atom is -0.340 e. The first kappa shape index (κ1) is 17.8. The molecule has 1 amide bonds. The van der Waals surface area contributed by atoms with Gasteiger partial charge in [0, 0.05) is 38.6 Å². The van der Waals surface area contributed by atoms with Gasteiger partial charge >= 0.3 is 0 Å². The maximum absolute atomic E-state index is 12.8. The lowest BCUT2D eigenvalue weighted by Gasteiger charge is -2.35. The predicted octanol–water partition coefficient (Wildman–Crippen LogP) is 4.44. The average Bonchev–Trinajstić information content (AvgIpc) is 3.46. The van der Waals surface area contributed by atoms with E-state index in [0.717, 1.165) is 44.7 Å². The molecule has 1 aliphatic heterocycles. The number of hydrogen-bond donors (Lipinski definition) is 0. The summed E-state index contributed by atoms with van der Waals surface area (Å²) in [6.07, 6.45) is 0.992. The van der Waals surface area contributed by atoms with Gasteiger partial charge in [0.15, 0.2) is 0 Å². The standard InChI is InChI=1S/C21H22Cl2N2O/c22-19-7-6-15(12-20(19)23)14-24-8-10-25(11-9-24)21(26)18-13-17(18)16-4-2-1-3-5-16/h1-7,12,17-18H,8-11,13-14H2. The van der Waals surface area contributed by atoms with Crippen LogP contribution in [-0.4, -0.2) is 41.9 Å². The molecule has 2 aromatic carbocycles. The van der Waals surface area contributed by atoms with Gasteiger partial charge in [0.25, 0.3) is 0 Å². The van der Waals surface area contributed by atoms with Gasteiger partial charge in [-0.05, 0) is 35.6 Å². The normalized spacial score (nSPS) is 23.1. The SMILES string of the molecule is O=C(C1CC1c1ccccc1)N1CCN(Cc2ccc(Cl)c(Cl)c2)CC1. The molecule has 26 heavy (non-hydrogen) atoms. The van der Waals surface area contributed by atoms with Gasteiger partial charge in [-0.2, -0.15) is 0 Å². The van der Waals surface area contributed by atoms with Gasteiger partial charge in [-0.1, -0.05) is 59.6 Å². The Morgan fingerprint density at radius 1 is 0.962 bits per heavy atom. The number of amides is 1. The summed E-state index contributed by atoms with van der Waals surface area (Å²) in [5.74, 6) is 0.921. The number of hydrogen-bond acceptors (Lipinski definition) is 2. The molecule has 1 saturated heterocycles. The third-order valence-electron chi connectivity index (χ3n) is 5.41. The topological polar surface area (TPSA) is 23.6 Å². The van der Waals surface area contributed by atoms with Crippen LogP contribution >= 0.6 is 23.2 Å². The molecular weight excluding hydrogens is 367 g/mol. The van der Waals surface area contributed by atoms with Crippen LogP contribution in [-0.2, 0) is 11.3 Å². The lowest BCUT2D eigenvalue weighted by Crippen LogP contribution is -2.48. The van der Waals surface area contributed by atoms with Crippen LogP contribution in [0.25, 0.3) is 0 Å².